The van der Waals surface area contributed by atoms with Crippen molar-refractivity contribution in [3.63, 3.8) is 0 Å². The fourth-order valence-corrected chi connectivity index (χ4v) is 3.06. The Hall–Kier alpha value is -0.0900. The van der Waals surface area contributed by atoms with Crippen molar-refractivity contribution in [2.24, 2.45) is 5.92 Å². The summed E-state index contributed by atoms with van der Waals surface area (Å²) in [6.07, 6.45) is 3.93. The van der Waals surface area contributed by atoms with Crippen LogP contribution in [0.5, 0.6) is 0 Å². The molecule has 0 aliphatic heterocycles. The second kappa shape index (κ2) is 3.96. The van der Waals surface area contributed by atoms with E-state index in [0.717, 1.165) is 15.7 Å². The summed E-state index contributed by atoms with van der Waals surface area (Å²) in [6.45, 7) is 2.32. The lowest BCUT2D eigenvalue weighted by molar-refractivity contribution is 0.602. The number of halogens is 1. The number of thiazole rings is 1. The zero-order chi connectivity index (χ0) is 9.26. The van der Waals surface area contributed by atoms with Crippen LogP contribution in [0, 0.1) is 5.92 Å². The summed E-state index contributed by atoms with van der Waals surface area (Å²) in [6, 6.07) is 0.646. The van der Waals surface area contributed by atoms with E-state index >= 15 is 0 Å². The molecule has 72 valence electrons. The molecule has 1 aromatic rings. The van der Waals surface area contributed by atoms with Gasteiger partial charge in [-0.05, 0) is 41.1 Å². The van der Waals surface area contributed by atoms with Crippen molar-refractivity contribution in [3.8, 4) is 0 Å². The van der Waals surface area contributed by atoms with Crippen LogP contribution in [-0.2, 0) is 0 Å². The fraction of sp³-hybridized carbons (Fsp3) is 0.667. The molecule has 0 amide bonds. The van der Waals surface area contributed by atoms with Crippen molar-refractivity contribution in [1.82, 2.24) is 4.98 Å². The third kappa shape index (κ3) is 2.44. The first-order chi connectivity index (χ1) is 6.24. The summed E-state index contributed by atoms with van der Waals surface area (Å²) in [5.41, 5.74) is 0. The molecule has 0 saturated heterocycles. The van der Waals surface area contributed by atoms with E-state index in [1.54, 1.807) is 11.3 Å². The van der Waals surface area contributed by atoms with Crippen molar-refractivity contribution in [1.29, 1.82) is 0 Å². The van der Waals surface area contributed by atoms with Crippen molar-refractivity contribution in [2.45, 2.75) is 32.2 Å². The fourth-order valence-electron chi connectivity index (χ4n) is 1.83. The maximum absolute atomic E-state index is 4.32. The molecule has 13 heavy (non-hydrogen) atoms. The van der Waals surface area contributed by atoms with Gasteiger partial charge >= 0.3 is 0 Å². The molecule has 1 heterocycles. The number of nitrogens with zero attached hydrogens (tertiary/aromatic N) is 1. The van der Waals surface area contributed by atoms with Gasteiger partial charge in [-0.15, -0.1) is 11.3 Å². The predicted octanol–water partition coefficient (Wildman–Crippen LogP) is 3.51. The molecule has 0 spiro atoms. The van der Waals surface area contributed by atoms with Crippen LogP contribution >= 0.6 is 27.3 Å². The quantitative estimate of drug-likeness (QED) is 0.881. The highest BCUT2D eigenvalue weighted by molar-refractivity contribution is 9.10. The molecule has 2 nitrogen and oxygen atoms in total. The lowest BCUT2D eigenvalue weighted by Gasteiger charge is -2.10. The van der Waals surface area contributed by atoms with Crippen LogP contribution in [0.2, 0.25) is 0 Å². The smallest absolute Gasteiger partial charge is 0.183 e. The number of nitrogens with one attached hydrogen (secondary N) is 1. The highest BCUT2D eigenvalue weighted by atomic mass is 79.9. The van der Waals surface area contributed by atoms with Gasteiger partial charge in [-0.1, -0.05) is 6.92 Å². The number of aromatic nitrogens is 1. The minimum atomic E-state index is 0.646. The Balaban J connectivity index is 1.91. The first-order valence-electron chi connectivity index (χ1n) is 4.61. The largest absolute Gasteiger partial charge is 0.359 e. The summed E-state index contributed by atoms with van der Waals surface area (Å²) in [5, 5.41) is 6.53. The van der Waals surface area contributed by atoms with Gasteiger partial charge in [0.1, 0.15) is 4.60 Å². The standard InChI is InChI=1S/C9H13BrN2S/c1-6-2-3-7(4-6)11-9-12-8(10)5-13-9/h5-7H,2-4H2,1H3,(H,11,12). The lowest BCUT2D eigenvalue weighted by Crippen LogP contribution is -2.14. The molecule has 1 aliphatic carbocycles. The van der Waals surface area contributed by atoms with Crippen molar-refractivity contribution in [3.05, 3.63) is 9.98 Å². The Kier molecular flexibility index (Phi) is 2.89. The van der Waals surface area contributed by atoms with E-state index in [2.05, 4.69) is 33.2 Å². The minimum Gasteiger partial charge on any atom is -0.359 e. The van der Waals surface area contributed by atoms with E-state index in [0.29, 0.717) is 6.04 Å². The van der Waals surface area contributed by atoms with E-state index in [4.69, 9.17) is 0 Å². The Morgan fingerprint density at radius 1 is 1.62 bits per heavy atom. The zero-order valence-corrected chi connectivity index (χ0v) is 9.99. The van der Waals surface area contributed by atoms with E-state index in [1.165, 1.54) is 19.3 Å². The molecule has 1 aliphatic rings. The van der Waals surface area contributed by atoms with Crippen molar-refractivity contribution < 1.29 is 0 Å². The molecule has 1 saturated carbocycles. The molecule has 1 fully saturated rings. The third-order valence-corrected chi connectivity index (χ3v) is 3.98. The van der Waals surface area contributed by atoms with Gasteiger partial charge in [-0.25, -0.2) is 4.98 Å². The SMILES string of the molecule is CC1CCC(Nc2nc(Br)cs2)C1. The average Bonchev–Trinajstić information content (AvgIpc) is 2.62. The summed E-state index contributed by atoms with van der Waals surface area (Å²) in [7, 11) is 0. The van der Waals surface area contributed by atoms with Crippen molar-refractivity contribution in [2.75, 3.05) is 5.32 Å². The van der Waals surface area contributed by atoms with Gasteiger partial charge in [0.05, 0.1) is 0 Å². The molecule has 1 N–H and O–H groups in total. The Bertz CT molecular complexity index is 287. The number of hydrogen-bond donors (Lipinski definition) is 1. The predicted molar refractivity (Wildman–Crippen MR) is 60.2 cm³/mol. The van der Waals surface area contributed by atoms with Gasteiger partial charge in [0.25, 0.3) is 0 Å². The molecular formula is C9H13BrN2S. The van der Waals surface area contributed by atoms with Crippen LogP contribution in [0.4, 0.5) is 5.13 Å². The second-order valence-corrected chi connectivity index (χ2v) is 5.41. The molecule has 2 atom stereocenters. The van der Waals surface area contributed by atoms with Gasteiger partial charge in [0.2, 0.25) is 0 Å². The lowest BCUT2D eigenvalue weighted by atomic mass is 10.1. The third-order valence-electron chi connectivity index (χ3n) is 2.50. The normalized spacial score (nSPS) is 27.8. The van der Waals surface area contributed by atoms with Gasteiger partial charge < -0.3 is 5.32 Å². The molecule has 0 aromatic carbocycles. The topological polar surface area (TPSA) is 24.9 Å². The highest BCUT2D eigenvalue weighted by Gasteiger charge is 2.21. The van der Waals surface area contributed by atoms with E-state index in [9.17, 15) is 0 Å². The molecule has 2 unspecified atom stereocenters. The van der Waals surface area contributed by atoms with E-state index in [1.807, 2.05) is 5.38 Å². The van der Waals surface area contributed by atoms with Crippen LogP contribution in [0.1, 0.15) is 26.2 Å². The number of hydrogen-bond acceptors (Lipinski definition) is 3. The van der Waals surface area contributed by atoms with Crippen LogP contribution in [0.15, 0.2) is 9.98 Å². The molecule has 0 radical (unpaired) electrons. The highest BCUT2D eigenvalue weighted by Crippen LogP contribution is 2.29. The van der Waals surface area contributed by atoms with E-state index in [-0.39, 0.29) is 0 Å². The Labute approximate surface area is 90.9 Å². The molecule has 2 rings (SSSR count). The van der Waals surface area contributed by atoms with E-state index < -0.39 is 0 Å². The number of rotatable bonds is 2. The van der Waals surface area contributed by atoms with Crippen LogP contribution in [0.3, 0.4) is 0 Å². The molecule has 4 heteroatoms. The second-order valence-electron chi connectivity index (χ2n) is 3.73. The van der Waals surface area contributed by atoms with Gasteiger partial charge in [0.15, 0.2) is 5.13 Å². The Morgan fingerprint density at radius 2 is 2.46 bits per heavy atom. The van der Waals surface area contributed by atoms with Crippen LogP contribution in [0.25, 0.3) is 0 Å². The maximum Gasteiger partial charge on any atom is 0.183 e. The average molecular weight is 261 g/mol. The maximum atomic E-state index is 4.32. The van der Waals surface area contributed by atoms with Crippen molar-refractivity contribution >= 4 is 32.4 Å². The summed E-state index contributed by atoms with van der Waals surface area (Å²) >= 11 is 5.02. The molecule has 1 aromatic heterocycles. The number of anilines is 1. The first kappa shape index (κ1) is 9.46. The van der Waals surface area contributed by atoms with Crippen LogP contribution < -0.4 is 5.32 Å². The van der Waals surface area contributed by atoms with Gasteiger partial charge in [-0.3, -0.25) is 0 Å². The minimum absolute atomic E-state index is 0.646. The summed E-state index contributed by atoms with van der Waals surface area (Å²) in [4.78, 5) is 4.32. The zero-order valence-electron chi connectivity index (χ0n) is 7.59. The van der Waals surface area contributed by atoms with Gasteiger partial charge in [0, 0.05) is 11.4 Å². The Morgan fingerprint density at radius 3 is 3.00 bits per heavy atom. The molecule has 0 bridgehead atoms. The monoisotopic (exact) mass is 260 g/mol. The van der Waals surface area contributed by atoms with Crippen LogP contribution in [-0.4, -0.2) is 11.0 Å². The first-order valence-corrected chi connectivity index (χ1v) is 6.29. The molecular weight excluding hydrogens is 248 g/mol. The van der Waals surface area contributed by atoms with Gasteiger partial charge in [-0.2, -0.15) is 0 Å². The summed E-state index contributed by atoms with van der Waals surface area (Å²) in [5.74, 6) is 0.876. The summed E-state index contributed by atoms with van der Waals surface area (Å²) < 4.78 is 0.936.